The molecule has 0 saturated carbocycles. The van der Waals surface area contributed by atoms with Gasteiger partial charge in [0, 0.05) is 23.7 Å². The first-order valence-corrected chi connectivity index (χ1v) is 10.8. The Kier molecular flexibility index (Phi) is 4.33. The number of para-hydroxylation sites is 1. The number of hydrogen-bond acceptors (Lipinski definition) is 5. The van der Waals surface area contributed by atoms with Gasteiger partial charge in [0.25, 0.3) is 0 Å². The lowest BCUT2D eigenvalue weighted by Crippen LogP contribution is -2.42. The second kappa shape index (κ2) is 7.27. The van der Waals surface area contributed by atoms with E-state index in [9.17, 15) is 9.59 Å². The van der Waals surface area contributed by atoms with Gasteiger partial charge in [-0.05, 0) is 41.0 Å². The second-order valence-corrected chi connectivity index (χ2v) is 8.48. The van der Waals surface area contributed by atoms with Crippen LogP contribution in [0.15, 0.2) is 60.7 Å². The minimum atomic E-state index is -1.03. The van der Waals surface area contributed by atoms with Gasteiger partial charge in [0.15, 0.2) is 6.61 Å². The van der Waals surface area contributed by atoms with Crippen LogP contribution < -0.4 is 19.1 Å². The first-order chi connectivity index (χ1) is 16.1. The lowest BCUT2D eigenvalue weighted by molar-refractivity contribution is -0.139. The van der Waals surface area contributed by atoms with Gasteiger partial charge in [-0.25, -0.2) is 4.79 Å². The molecule has 7 heteroatoms. The molecule has 3 aliphatic rings. The van der Waals surface area contributed by atoms with Crippen molar-refractivity contribution in [3.63, 3.8) is 0 Å². The number of carbonyl (C=O) groups is 2. The van der Waals surface area contributed by atoms with Crippen molar-refractivity contribution in [1.29, 1.82) is 0 Å². The zero-order chi connectivity index (χ0) is 22.6. The van der Waals surface area contributed by atoms with Gasteiger partial charge in [0.2, 0.25) is 5.91 Å². The van der Waals surface area contributed by atoms with E-state index >= 15 is 0 Å². The molecule has 0 saturated heterocycles. The monoisotopic (exact) mass is 443 g/mol. The van der Waals surface area contributed by atoms with Crippen molar-refractivity contribution in [3.05, 3.63) is 82.9 Å². The zero-order valence-corrected chi connectivity index (χ0v) is 17.7. The van der Waals surface area contributed by atoms with Gasteiger partial charge in [0.05, 0.1) is 13.2 Å². The van der Waals surface area contributed by atoms with E-state index in [1.807, 2.05) is 47.4 Å². The zero-order valence-electron chi connectivity index (χ0n) is 17.7. The van der Waals surface area contributed by atoms with E-state index in [4.69, 9.17) is 19.3 Å². The molecule has 3 aliphatic heterocycles. The first-order valence-electron chi connectivity index (χ1n) is 10.8. The van der Waals surface area contributed by atoms with Gasteiger partial charge >= 0.3 is 5.97 Å². The average Bonchev–Trinajstić information content (AvgIpc) is 3.50. The summed E-state index contributed by atoms with van der Waals surface area (Å²) >= 11 is 0. The SMILES string of the molecule is O=C(O)COc1ccc(CN2C(=O)C3(COc4cc5c(cc43)CCO5)c3ccccc32)cc1. The minimum absolute atomic E-state index is 0.00693. The number of carboxylic acids is 1. The third-order valence-corrected chi connectivity index (χ3v) is 6.59. The Morgan fingerprint density at radius 3 is 2.67 bits per heavy atom. The molecule has 3 aromatic rings. The lowest BCUT2D eigenvalue weighted by Gasteiger charge is -2.23. The highest BCUT2D eigenvalue weighted by atomic mass is 16.5. The number of carbonyl (C=O) groups excluding carboxylic acids is 1. The maximum atomic E-state index is 14.0. The predicted molar refractivity (Wildman–Crippen MR) is 119 cm³/mol. The minimum Gasteiger partial charge on any atom is -0.493 e. The molecule has 7 nitrogen and oxygen atoms in total. The third-order valence-electron chi connectivity index (χ3n) is 6.59. The molecule has 1 N–H and O–H groups in total. The molecule has 1 unspecified atom stereocenters. The van der Waals surface area contributed by atoms with Crippen LogP contribution in [0, 0.1) is 0 Å². The van der Waals surface area contributed by atoms with Crippen molar-refractivity contribution in [1.82, 2.24) is 0 Å². The van der Waals surface area contributed by atoms with E-state index in [0.717, 1.165) is 40.1 Å². The maximum absolute atomic E-state index is 14.0. The molecule has 33 heavy (non-hydrogen) atoms. The Balaban J connectivity index is 1.35. The standard InChI is InChI=1S/C26H21NO6/c28-24(29)14-32-18-7-5-16(6-8-18)13-27-21-4-2-1-3-19(21)26(25(27)30)15-33-23-12-22-17(9-10-31-22)11-20(23)26/h1-8,11-12H,9-10,13-15H2,(H,28,29). The Bertz CT molecular complexity index is 1280. The maximum Gasteiger partial charge on any atom is 0.341 e. The van der Waals surface area contributed by atoms with Crippen LogP contribution in [0.2, 0.25) is 0 Å². The number of amides is 1. The third kappa shape index (κ3) is 2.96. The van der Waals surface area contributed by atoms with Crippen LogP contribution in [0.1, 0.15) is 22.3 Å². The molecular weight excluding hydrogens is 422 g/mol. The quantitative estimate of drug-likeness (QED) is 0.651. The van der Waals surface area contributed by atoms with Gasteiger partial charge in [-0.2, -0.15) is 0 Å². The van der Waals surface area contributed by atoms with Crippen molar-refractivity contribution >= 4 is 17.6 Å². The number of carboxylic acid groups (broad SMARTS) is 1. The number of fused-ring (bicyclic) bond motifs is 5. The normalized spacial score (nSPS) is 19.6. The van der Waals surface area contributed by atoms with Crippen molar-refractivity contribution in [2.75, 3.05) is 24.7 Å². The summed E-state index contributed by atoms with van der Waals surface area (Å²) in [5.41, 5.74) is 3.90. The summed E-state index contributed by atoms with van der Waals surface area (Å²) in [5, 5.41) is 8.78. The van der Waals surface area contributed by atoms with E-state index < -0.39 is 18.0 Å². The molecule has 3 heterocycles. The fourth-order valence-corrected chi connectivity index (χ4v) is 5.02. The number of aliphatic carboxylic acids is 1. The van der Waals surface area contributed by atoms with Gasteiger partial charge in [-0.3, -0.25) is 4.79 Å². The molecule has 1 amide bonds. The fourth-order valence-electron chi connectivity index (χ4n) is 5.02. The van der Waals surface area contributed by atoms with E-state index in [1.54, 1.807) is 12.1 Å². The number of anilines is 1. The highest BCUT2D eigenvalue weighted by Gasteiger charge is 2.57. The van der Waals surface area contributed by atoms with Crippen LogP contribution in [0.3, 0.4) is 0 Å². The number of benzene rings is 3. The van der Waals surface area contributed by atoms with Crippen molar-refractivity contribution in [2.45, 2.75) is 18.4 Å². The van der Waals surface area contributed by atoms with E-state index in [0.29, 0.717) is 24.7 Å². The predicted octanol–water partition coefficient (Wildman–Crippen LogP) is 3.31. The molecule has 1 atom stereocenters. The Morgan fingerprint density at radius 1 is 1.03 bits per heavy atom. The summed E-state index contributed by atoms with van der Waals surface area (Å²) in [6.45, 7) is 0.905. The number of hydrogen-bond donors (Lipinski definition) is 1. The summed E-state index contributed by atoms with van der Waals surface area (Å²) in [4.78, 5) is 26.5. The van der Waals surface area contributed by atoms with Gasteiger partial charge in [-0.1, -0.05) is 30.3 Å². The topological polar surface area (TPSA) is 85.3 Å². The van der Waals surface area contributed by atoms with Crippen LogP contribution >= 0.6 is 0 Å². The van der Waals surface area contributed by atoms with Crippen LogP contribution in [-0.2, 0) is 28.0 Å². The molecule has 0 aromatic heterocycles. The molecule has 166 valence electrons. The largest absolute Gasteiger partial charge is 0.493 e. The van der Waals surface area contributed by atoms with E-state index in [1.165, 1.54) is 0 Å². The summed E-state index contributed by atoms with van der Waals surface area (Å²) in [5.74, 6) is 0.986. The average molecular weight is 443 g/mol. The van der Waals surface area contributed by atoms with Crippen LogP contribution in [-0.4, -0.2) is 36.8 Å². The number of nitrogens with zero attached hydrogens (tertiary/aromatic N) is 1. The molecule has 0 aliphatic carbocycles. The van der Waals surface area contributed by atoms with Gasteiger partial charge < -0.3 is 24.2 Å². The lowest BCUT2D eigenvalue weighted by atomic mass is 9.76. The molecule has 0 bridgehead atoms. The molecule has 0 fully saturated rings. The Morgan fingerprint density at radius 2 is 1.85 bits per heavy atom. The smallest absolute Gasteiger partial charge is 0.341 e. The molecule has 3 aromatic carbocycles. The van der Waals surface area contributed by atoms with E-state index in [2.05, 4.69) is 6.07 Å². The van der Waals surface area contributed by atoms with Gasteiger partial charge in [0.1, 0.15) is 29.3 Å². The highest BCUT2D eigenvalue weighted by Crippen LogP contribution is 2.54. The van der Waals surface area contributed by atoms with Crippen molar-refractivity contribution in [3.8, 4) is 17.2 Å². The number of rotatable bonds is 5. The molecular formula is C26H21NO6. The first kappa shape index (κ1) is 19.7. The molecule has 0 radical (unpaired) electrons. The summed E-state index contributed by atoms with van der Waals surface area (Å²) in [6, 6.07) is 19.0. The number of ether oxygens (including phenoxy) is 3. The Labute approximate surface area is 190 Å². The van der Waals surface area contributed by atoms with Crippen LogP contribution in [0.4, 0.5) is 5.69 Å². The van der Waals surface area contributed by atoms with Crippen LogP contribution in [0.5, 0.6) is 17.2 Å². The summed E-state index contributed by atoms with van der Waals surface area (Å²) in [6.07, 6.45) is 0.828. The van der Waals surface area contributed by atoms with Crippen molar-refractivity contribution in [2.24, 2.45) is 0 Å². The second-order valence-electron chi connectivity index (χ2n) is 8.48. The van der Waals surface area contributed by atoms with E-state index in [-0.39, 0.29) is 12.5 Å². The Hall–Kier alpha value is -4.00. The van der Waals surface area contributed by atoms with Gasteiger partial charge in [-0.15, -0.1) is 0 Å². The summed E-state index contributed by atoms with van der Waals surface area (Å²) in [7, 11) is 0. The fraction of sp³-hybridized carbons (Fsp3) is 0.231. The van der Waals surface area contributed by atoms with Crippen molar-refractivity contribution < 1.29 is 28.9 Å². The molecule has 6 rings (SSSR count). The summed E-state index contributed by atoms with van der Waals surface area (Å²) < 4.78 is 17.0. The molecule has 1 spiro atoms. The van der Waals surface area contributed by atoms with Crippen LogP contribution in [0.25, 0.3) is 0 Å². The highest BCUT2D eigenvalue weighted by molar-refractivity contribution is 6.11.